The van der Waals surface area contributed by atoms with Crippen molar-refractivity contribution < 1.29 is 9.53 Å². The van der Waals surface area contributed by atoms with Crippen LogP contribution in [0.1, 0.15) is 37.3 Å². The molecule has 0 aromatic carbocycles. The highest BCUT2D eigenvalue weighted by Gasteiger charge is 2.25. The van der Waals surface area contributed by atoms with E-state index >= 15 is 0 Å². The summed E-state index contributed by atoms with van der Waals surface area (Å²) in [6.45, 7) is 5.09. The topological polar surface area (TPSA) is 71.5 Å². The van der Waals surface area contributed by atoms with E-state index in [0.717, 1.165) is 44.5 Å². The summed E-state index contributed by atoms with van der Waals surface area (Å²) in [5, 5.41) is 0. The van der Waals surface area contributed by atoms with Gasteiger partial charge < -0.3 is 9.64 Å². The lowest BCUT2D eigenvalue weighted by molar-refractivity contribution is -0.132. The van der Waals surface area contributed by atoms with Crippen LogP contribution in [0.15, 0.2) is 37.1 Å². The van der Waals surface area contributed by atoms with Crippen molar-refractivity contribution in [2.45, 2.75) is 45.3 Å². The van der Waals surface area contributed by atoms with Crippen LogP contribution in [0.4, 0.5) is 0 Å². The third-order valence-corrected chi connectivity index (χ3v) is 5.02. The number of methoxy groups -OCH3 is 1. The van der Waals surface area contributed by atoms with Crippen molar-refractivity contribution in [1.29, 1.82) is 0 Å². The van der Waals surface area contributed by atoms with Crippen molar-refractivity contribution in [2.24, 2.45) is 0 Å². The molecular weight excluding hydrogens is 342 g/mol. The molecule has 7 heteroatoms. The molecule has 3 heterocycles. The summed E-state index contributed by atoms with van der Waals surface area (Å²) in [6, 6.07) is 4.21. The molecule has 0 saturated carbocycles. The van der Waals surface area contributed by atoms with Crippen LogP contribution in [0.25, 0.3) is 0 Å². The SMILES string of the molecule is COc1ccc(CN2CCC[C@H](N(Cc3cncnc3)C(C)=O)CC2)cn1. The van der Waals surface area contributed by atoms with Crippen LogP contribution in [0.5, 0.6) is 5.88 Å². The van der Waals surface area contributed by atoms with E-state index in [-0.39, 0.29) is 11.9 Å². The highest BCUT2D eigenvalue weighted by atomic mass is 16.5. The van der Waals surface area contributed by atoms with Gasteiger partial charge in [0.15, 0.2) is 0 Å². The quantitative estimate of drug-likeness (QED) is 0.778. The summed E-state index contributed by atoms with van der Waals surface area (Å²) in [5.41, 5.74) is 2.15. The third-order valence-electron chi connectivity index (χ3n) is 5.02. The molecular formula is C20H27N5O2. The monoisotopic (exact) mass is 369 g/mol. The van der Waals surface area contributed by atoms with Gasteiger partial charge in [0.25, 0.3) is 0 Å². The van der Waals surface area contributed by atoms with Crippen molar-refractivity contribution in [2.75, 3.05) is 20.2 Å². The van der Waals surface area contributed by atoms with Crippen LogP contribution in [-0.2, 0) is 17.9 Å². The fraction of sp³-hybridized carbons (Fsp3) is 0.500. The summed E-state index contributed by atoms with van der Waals surface area (Å²) in [6.07, 6.45) is 10.0. The molecule has 0 spiro atoms. The van der Waals surface area contributed by atoms with Gasteiger partial charge in [0, 0.05) is 62.8 Å². The van der Waals surface area contributed by atoms with Crippen LogP contribution < -0.4 is 4.74 Å². The second-order valence-electron chi connectivity index (χ2n) is 6.96. The van der Waals surface area contributed by atoms with Crippen molar-refractivity contribution in [3.8, 4) is 5.88 Å². The number of hydrogen-bond donors (Lipinski definition) is 0. The molecule has 2 aromatic rings. The minimum absolute atomic E-state index is 0.108. The molecule has 2 aromatic heterocycles. The molecule has 0 N–H and O–H groups in total. The summed E-state index contributed by atoms with van der Waals surface area (Å²) in [5.74, 6) is 0.744. The van der Waals surface area contributed by atoms with Crippen LogP contribution in [0.2, 0.25) is 0 Å². The minimum Gasteiger partial charge on any atom is -0.481 e. The van der Waals surface area contributed by atoms with Crippen LogP contribution in [0.3, 0.4) is 0 Å². The second kappa shape index (κ2) is 9.41. The Morgan fingerprint density at radius 3 is 2.67 bits per heavy atom. The lowest BCUT2D eigenvalue weighted by Gasteiger charge is -2.30. The average molecular weight is 369 g/mol. The Labute approximate surface area is 160 Å². The van der Waals surface area contributed by atoms with Gasteiger partial charge in [-0.2, -0.15) is 0 Å². The van der Waals surface area contributed by atoms with Crippen LogP contribution in [-0.4, -0.2) is 56.9 Å². The number of likely N-dealkylation sites (tertiary alicyclic amines) is 1. The lowest BCUT2D eigenvalue weighted by atomic mass is 10.1. The smallest absolute Gasteiger partial charge is 0.219 e. The molecule has 1 amide bonds. The van der Waals surface area contributed by atoms with E-state index in [1.165, 1.54) is 11.9 Å². The van der Waals surface area contributed by atoms with Crippen molar-refractivity contribution in [3.63, 3.8) is 0 Å². The van der Waals surface area contributed by atoms with Gasteiger partial charge in [0.05, 0.1) is 7.11 Å². The molecule has 1 aliphatic heterocycles. The van der Waals surface area contributed by atoms with Gasteiger partial charge in [-0.05, 0) is 31.4 Å². The van der Waals surface area contributed by atoms with E-state index in [9.17, 15) is 4.79 Å². The molecule has 0 bridgehead atoms. The van der Waals surface area contributed by atoms with E-state index in [1.807, 2.05) is 17.2 Å². The van der Waals surface area contributed by atoms with Gasteiger partial charge in [-0.15, -0.1) is 0 Å². The number of carbonyl (C=O) groups is 1. The maximum atomic E-state index is 12.2. The second-order valence-corrected chi connectivity index (χ2v) is 6.96. The zero-order valence-corrected chi connectivity index (χ0v) is 16.0. The van der Waals surface area contributed by atoms with Gasteiger partial charge in [0.2, 0.25) is 11.8 Å². The molecule has 144 valence electrons. The summed E-state index contributed by atoms with van der Waals surface area (Å²) in [7, 11) is 1.62. The van der Waals surface area contributed by atoms with Crippen molar-refractivity contribution in [3.05, 3.63) is 48.2 Å². The van der Waals surface area contributed by atoms with E-state index in [1.54, 1.807) is 26.4 Å². The maximum Gasteiger partial charge on any atom is 0.219 e. The molecule has 3 rings (SSSR count). The molecule has 0 unspecified atom stereocenters. The first-order valence-corrected chi connectivity index (χ1v) is 9.38. The van der Waals surface area contributed by atoms with E-state index < -0.39 is 0 Å². The molecule has 7 nitrogen and oxygen atoms in total. The third kappa shape index (κ3) is 5.47. The van der Waals surface area contributed by atoms with E-state index in [2.05, 4.69) is 25.9 Å². The number of nitrogens with zero attached hydrogens (tertiary/aromatic N) is 5. The molecule has 27 heavy (non-hydrogen) atoms. The molecule has 1 atom stereocenters. The first-order chi connectivity index (χ1) is 13.2. The Morgan fingerprint density at radius 2 is 2.00 bits per heavy atom. The highest BCUT2D eigenvalue weighted by Crippen LogP contribution is 2.21. The molecule has 1 saturated heterocycles. The summed E-state index contributed by atoms with van der Waals surface area (Å²) in [4.78, 5) is 29.1. The fourth-order valence-corrected chi connectivity index (χ4v) is 3.60. The Hall–Kier alpha value is -2.54. The van der Waals surface area contributed by atoms with Crippen molar-refractivity contribution >= 4 is 5.91 Å². The maximum absolute atomic E-state index is 12.2. The Morgan fingerprint density at radius 1 is 1.19 bits per heavy atom. The minimum atomic E-state index is 0.108. The number of hydrogen-bond acceptors (Lipinski definition) is 6. The number of aromatic nitrogens is 3. The molecule has 1 aliphatic rings. The Balaban J connectivity index is 1.59. The van der Waals surface area contributed by atoms with E-state index in [4.69, 9.17) is 4.74 Å². The standard InChI is InChI=1S/C20H27N5O2/c1-16(26)25(14-18-10-21-15-22-11-18)19-4-3-8-24(9-7-19)13-17-5-6-20(27-2)23-12-17/h5-6,10-12,15,19H,3-4,7-9,13-14H2,1-2H3/t19-/m0/s1. The van der Waals surface area contributed by atoms with Gasteiger partial charge >= 0.3 is 0 Å². The lowest BCUT2D eigenvalue weighted by Crippen LogP contribution is -2.39. The Bertz CT molecular complexity index is 723. The van der Waals surface area contributed by atoms with Gasteiger partial charge in [-0.1, -0.05) is 6.07 Å². The number of rotatable bonds is 6. The zero-order valence-electron chi connectivity index (χ0n) is 16.0. The zero-order chi connectivity index (χ0) is 19.1. The Kier molecular flexibility index (Phi) is 6.70. The largest absolute Gasteiger partial charge is 0.481 e. The number of ether oxygens (including phenoxy) is 1. The number of carbonyl (C=O) groups excluding carboxylic acids is 1. The highest BCUT2D eigenvalue weighted by molar-refractivity contribution is 5.73. The van der Waals surface area contributed by atoms with Gasteiger partial charge in [0.1, 0.15) is 6.33 Å². The number of amides is 1. The first kappa shape index (κ1) is 19.2. The molecule has 0 radical (unpaired) electrons. The van der Waals surface area contributed by atoms with Crippen LogP contribution >= 0.6 is 0 Å². The normalized spacial score (nSPS) is 17.9. The first-order valence-electron chi connectivity index (χ1n) is 9.38. The van der Waals surface area contributed by atoms with Crippen molar-refractivity contribution in [1.82, 2.24) is 24.8 Å². The van der Waals surface area contributed by atoms with Gasteiger partial charge in [-0.3, -0.25) is 9.69 Å². The predicted molar refractivity (Wildman–Crippen MR) is 102 cm³/mol. The molecule has 0 aliphatic carbocycles. The van der Waals surface area contributed by atoms with Gasteiger partial charge in [-0.25, -0.2) is 15.0 Å². The molecule has 1 fully saturated rings. The average Bonchev–Trinajstić information content (AvgIpc) is 2.93. The predicted octanol–water partition coefficient (Wildman–Crippen LogP) is 2.28. The van der Waals surface area contributed by atoms with Crippen LogP contribution in [0, 0.1) is 0 Å². The number of pyridine rings is 1. The summed E-state index contributed by atoms with van der Waals surface area (Å²) >= 11 is 0. The van der Waals surface area contributed by atoms with E-state index in [0.29, 0.717) is 12.4 Å². The summed E-state index contributed by atoms with van der Waals surface area (Å²) < 4.78 is 5.12. The fourth-order valence-electron chi connectivity index (χ4n) is 3.60.